The smallest absolute Gasteiger partial charge is 0.147 e. The molecule has 0 atom stereocenters. The second-order valence-corrected chi connectivity index (χ2v) is 5.08. The molecule has 1 aliphatic rings. The summed E-state index contributed by atoms with van der Waals surface area (Å²) < 4.78 is 0. The zero-order valence-electron chi connectivity index (χ0n) is 11.6. The highest BCUT2D eigenvalue weighted by molar-refractivity contribution is 5.37. The van der Waals surface area contributed by atoms with Crippen molar-refractivity contribution < 1.29 is 0 Å². The van der Waals surface area contributed by atoms with Crippen LogP contribution in [0.1, 0.15) is 18.5 Å². The Kier molecular flexibility index (Phi) is 4.49. The van der Waals surface area contributed by atoms with Crippen molar-refractivity contribution in [3.05, 3.63) is 18.1 Å². The van der Waals surface area contributed by atoms with Crippen molar-refractivity contribution in [3.8, 4) is 0 Å². The quantitative estimate of drug-likeness (QED) is 0.852. The number of hydrogen-bond donors (Lipinski definition) is 1. The molecule has 0 unspecified atom stereocenters. The van der Waals surface area contributed by atoms with Crippen LogP contribution in [0.5, 0.6) is 0 Å². The first kappa shape index (κ1) is 13.2. The fourth-order valence-electron chi connectivity index (χ4n) is 2.42. The standard InChI is InChI=1S/C13H23N5/c1-14-8-11-9-15-10-13(16-11)18-6-4-12(5-7-18)17(2)3/h9-10,12,14H,4-8H2,1-3H3. The third-order valence-electron chi connectivity index (χ3n) is 3.55. The molecule has 1 N–H and O–H groups in total. The van der Waals surface area contributed by atoms with Gasteiger partial charge in [0.25, 0.3) is 0 Å². The van der Waals surface area contributed by atoms with E-state index < -0.39 is 0 Å². The van der Waals surface area contributed by atoms with Crippen LogP contribution >= 0.6 is 0 Å². The molecule has 1 aliphatic heterocycles. The Morgan fingerprint density at radius 1 is 1.33 bits per heavy atom. The molecular weight excluding hydrogens is 226 g/mol. The van der Waals surface area contributed by atoms with Crippen LogP contribution in [0.2, 0.25) is 0 Å². The first-order chi connectivity index (χ1) is 8.70. The number of nitrogens with zero attached hydrogens (tertiary/aromatic N) is 4. The van der Waals surface area contributed by atoms with E-state index in [1.165, 1.54) is 12.8 Å². The van der Waals surface area contributed by atoms with Crippen molar-refractivity contribution in [2.45, 2.75) is 25.4 Å². The van der Waals surface area contributed by atoms with Gasteiger partial charge in [-0.2, -0.15) is 0 Å². The van der Waals surface area contributed by atoms with Crippen molar-refractivity contribution in [3.63, 3.8) is 0 Å². The SMILES string of the molecule is CNCc1cncc(N2CCC(N(C)C)CC2)n1. The average Bonchev–Trinajstić information content (AvgIpc) is 2.39. The second kappa shape index (κ2) is 6.11. The third kappa shape index (κ3) is 3.17. The molecule has 100 valence electrons. The molecule has 2 rings (SSSR count). The van der Waals surface area contributed by atoms with E-state index in [1.807, 2.05) is 19.4 Å². The van der Waals surface area contributed by atoms with Gasteiger partial charge in [0.05, 0.1) is 11.9 Å². The summed E-state index contributed by atoms with van der Waals surface area (Å²) in [5, 5.41) is 3.11. The number of piperidine rings is 1. The molecule has 5 nitrogen and oxygen atoms in total. The van der Waals surface area contributed by atoms with Crippen LogP contribution in [-0.2, 0) is 6.54 Å². The van der Waals surface area contributed by atoms with Gasteiger partial charge in [-0.3, -0.25) is 4.98 Å². The molecule has 18 heavy (non-hydrogen) atoms. The Morgan fingerprint density at radius 2 is 2.06 bits per heavy atom. The number of hydrogen-bond acceptors (Lipinski definition) is 5. The number of rotatable bonds is 4. The number of aromatic nitrogens is 2. The summed E-state index contributed by atoms with van der Waals surface area (Å²) in [6, 6.07) is 0.703. The third-order valence-corrected chi connectivity index (χ3v) is 3.55. The topological polar surface area (TPSA) is 44.3 Å². The lowest BCUT2D eigenvalue weighted by atomic mass is 10.0. The Balaban J connectivity index is 1.98. The zero-order chi connectivity index (χ0) is 13.0. The highest BCUT2D eigenvalue weighted by Gasteiger charge is 2.21. The number of nitrogens with one attached hydrogen (secondary N) is 1. The summed E-state index contributed by atoms with van der Waals surface area (Å²) in [5.41, 5.74) is 1.00. The molecule has 0 amide bonds. The van der Waals surface area contributed by atoms with Gasteiger partial charge in [0.2, 0.25) is 0 Å². The molecule has 0 radical (unpaired) electrons. The molecule has 2 heterocycles. The largest absolute Gasteiger partial charge is 0.355 e. The van der Waals surface area contributed by atoms with Crippen molar-refractivity contribution in [2.24, 2.45) is 0 Å². The van der Waals surface area contributed by atoms with Gasteiger partial charge >= 0.3 is 0 Å². The summed E-state index contributed by atoms with van der Waals surface area (Å²) in [6.07, 6.45) is 6.09. The fourth-order valence-corrected chi connectivity index (χ4v) is 2.42. The predicted molar refractivity (Wildman–Crippen MR) is 73.7 cm³/mol. The molecule has 1 saturated heterocycles. The Hall–Kier alpha value is -1.20. The molecule has 0 bridgehead atoms. The van der Waals surface area contributed by atoms with Crippen LogP contribution in [0.4, 0.5) is 5.82 Å². The van der Waals surface area contributed by atoms with Crippen molar-refractivity contribution in [1.82, 2.24) is 20.2 Å². The maximum atomic E-state index is 4.64. The van der Waals surface area contributed by atoms with E-state index in [-0.39, 0.29) is 0 Å². The predicted octanol–water partition coefficient (Wildman–Crippen LogP) is 0.726. The van der Waals surface area contributed by atoms with E-state index in [1.54, 1.807) is 0 Å². The molecule has 0 aliphatic carbocycles. The minimum absolute atomic E-state index is 0.703. The molecule has 0 aromatic carbocycles. The van der Waals surface area contributed by atoms with E-state index >= 15 is 0 Å². The van der Waals surface area contributed by atoms with Crippen LogP contribution in [0.15, 0.2) is 12.4 Å². The summed E-state index contributed by atoms with van der Waals surface area (Å²) >= 11 is 0. The van der Waals surface area contributed by atoms with Gasteiger partial charge in [-0.1, -0.05) is 0 Å². The molecule has 1 aromatic rings. The average molecular weight is 249 g/mol. The van der Waals surface area contributed by atoms with Crippen LogP contribution < -0.4 is 10.2 Å². The Bertz CT molecular complexity index is 371. The van der Waals surface area contributed by atoms with Gasteiger partial charge in [-0.05, 0) is 34.0 Å². The fraction of sp³-hybridized carbons (Fsp3) is 0.692. The second-order valence-electron chi connectivity index (χ2n) is 5.08. The monoisotopic (exact) mass is 249 g/mol. The minimum atomic E-state index is 0.703. The Morgan fingerprint density at radius 3 is 2.67 bits per heavy atom. The summed E-state index contributed by atoms with van der Waals surface area (Å²) in [5.74, 6) is 1.01. The van der Waals surface area contributed by atoms with E-state index in [4.69, 9.17) is 0 Å². The molecule has 0 spiro atoms. The molecular formula is C13H23N5. The zero-order valence-corrected chi connectivity index (χ0v) is 11.6. The maximum absolute atomic E-state index is 4.64. The van der Waals surface area contributed by atoms with Crippen LogP contribution in [0.3, 0.4) is 0 Å². The highest BCUT2D eigenvalue weighted by Crippen LogP contribution is 2.19. The maximum Gasteiger partial charge on any atom is 0.147 e. The van der Waals surface area contributed by atoms with E-state index in [0.29, 0.717) is 6.04 Å². The molecule has 5 heteroatoms. The van der Waals surface area contributed by atoms with Crippen LogP contribution in [0, 0.1) is 0 Å². The Labute approximate surface area is 109 Å². The van der Waals surface area contributed by atoms with Crippen molar-refractivity contribution in [2.75, 3.05) is 39.1 Å². The van der Waals surface area contributed by atoms with Gasteiger partial charge in [-0.15, -0.1) is 0 Å². The van der Waals surface area contributed by atoms with Crippen LogP contribution in [0.25, 0.3) is 0 Å². The van der Waals surface area contributed by atoms with E-state index in [9.17, 15) is 0 Å². The van der Waals surface area contributed by atoms with Gasteiger partial charge < -0.3 is 15.1 Å². The molecule has 0 saturated carbocycles. The molecule has 1 fully saturated rings. The lowest BCUT2D eigenvalue weighted by molar-refractivity contribution is 0.249. The lowest BCUT2D eigenvalue weighted by Gasteiger charge is -2.35. The summed E-state index contributed by atoms with van der Waals surface area (Å²) in [4.78, 5) is 13.6. The highest BCUT2D eigenvalue weighted by atomic mass is 15.2. The van der Waals surface area contributed by atoms with Crippen molar-refractivity contribution >= 4 is 5.82 Å². The lowest BCUT2D eigenvalue weighted by Crippen LogP contribution is -2.42. The van der Waals surface area contributed by atoms with Gasteiger partial charge in [0.1, 0.15) is 5.82 Å². The first-order valence-corrected chi connectivity index (χ1v) is 6.57. The summed E-state index contributed by atoms with van der Waals surface area (Å²) in [6.45, 7) is 2.91. The molecule has 1 aromatic heterocycles. The first-order valence-electron chi connectivity index (χ1n) is 6.57. The van der Waals surface area contributed by atoms with Gasteiger partial charge in [0, 0.05) is 31.9 Å². The summed E-state index contributed by atoms with van der Waals surface area (Å²) in [7, 11) is 6.25. The van der Waals surface area contributed by atoms with E-state index in [2.05, 4.69) is 39.2 Å². The van der Waals surface area contributed by atoms with Crippen molar-refractivity contribution in [1.29, 1.82) is 0 Å². The minimum Gasteiger partial charge on any atom is -0.355 e. The van der Waals surface area contributed by atoms with Gasteiger partial charge in [0.15, 0.2) is 0 Å². The normalized spacial score (nSPS) is 17.4. The van der Waals surface area contributed by atoms with Crippen LogP contribution in [-0.4, -0.2) is 55.1 Å². The number of anilines is 1. The van der Waals surface area contributed by atoms with Gasteiger partial charge in [-0.25, -0.2) is 4.98 Å². The van der Waals surface area contributed by atoms with E-state index in [0.717, 1.165) is 31.1 Å².